The van der Waals surface area contributed by atoms with Crippen molar-refractivity contribution >= 4 is 17.6 Å². The van der Waals surface area contributed by atoms with Crippen LogP contribution in [0.4, 0.5) is 0 Å². The minimum atomic E-state index is -1.02. The third kappa shape index (κ3) is 7.11. The quantitative estimate of drug-likeness (QED) is 0.137. The first kappa shape index (κ1) is 41.7. The molecule has 0 aromatic heterocycles. The van der Waals surface area contributed by atoms with Crippen LogP contribution in [0.2, 0.25) is 0 Å². The van der Waals surface area contributed by atoms with E-state index in [1.165, 1.54) is 0 Å². The fourth-order valence-electron chi connectivity index (χ4n) is 12.7. The molecule has 7 fully saturated rings. The molecule has 0 bridgehead atoms. The van der Waals surface area contributed by atoms with Gasteiger partial charge in [0.2, 0.25) is 0 Å². The molecule has 4 aliphatic heterocycles. The monoisotopic (exact) mass is 814 g/mol. The number of methoxy groups -OCH3 is 1. The van der Waals surface area contributed by atoms with Gasteiger partial charge in [0.05, 0.1) is 48.3 Å². The van der Waals surface area contributed by atoms with Crippen molar-refractivity contribution in [1.82, 2.24) is 0 Å². The molecule has 4 aliphatic carbocycles. The molecular formula is C41H63ClO14. The first-order valence-corrected chi connectivity index (χ1v) is 21.4. The van der Waals surface area contributed by atoms with Gasteiger partial charge in [-0.05, 0) is 99.9 Å². The average Bonchev–Trinajstić information content (AvgIpc) is 3.70. The van der Waals surface area contributed by atoms with Gasteiger partial charge in [-0.2, -0.15) is 0 Å². The summed E-state index contributed by atoms with van der Waals surface area (Å²) in [6.45, 7) is 8.13. The molecule has 21 unspecified atom stereocenters. The number of hydrogen-bond acceptors (Lipinski definition) is 14. The molecule has 56 heavy (non-hydrogen) atoms. The third-order valence-electron chi connectivity index (χ3n) is 15.9. The number of carbonyl (C=O) groups is 1. The number of aliphatic hydroxyl groups excluding tert-OH is 4. The molecule has 14 nitrogen and oxygen atoms in total. The van der Waals surface area contributed by atoms with Crippen LogP contribution in [-0.4, -0.2) is 136 Å². The molecule has 4 heterocycles. The number of alkyl halides is 1. The summed E-state index contributed by atoms with van der Waals surface area (Å²) in [6, 6.07) is 0. The maximum Gasteiger partial charge on any atom is 0.331 e. The summed E-state index contributed by atoms with van der Waals surface area (Å²) in [5.74, 6) is 0.152. The predicted octanol–water partition coefficient (Wildman–Crippen LogP) is 3.05. The van der Waals surface area contributed by atoms with Gasteiger partial charge in [-0.3, -0.25) is 0 Å². The zero-order valence-corrected chi connectivity index (χ0v) is 34.0. The highest BCUT2D eigenvalue weighted by Gasteiger charge is 2.71. The zero-order chi connectivity index (χ0) is 39.9. The maximum atomic E-state index is 12.6. The molecule has 8 aliphatic rings. The SMILES string of the molecule is COC1CC(OC2C(O)CC(OC3CCC4(C)C(CCC5C4CC(O)C4(C)C(C6=CC(=O)OC6)CCC54O)C3)OC2Cl)OC(C)C1OC1CC(O)C(O)C(C)O1. The zero-order valence-electron chi connectivity index (χ0n) is 33.2. The van der Waals surface area contributed by atoms with Gasteiger partial charge in [-0.15, -0.1) is 0 Å². The van der Waals surface area contributed by atoms with Crippen LogP contribution < -0.4 is 0 Å². The maximum absolute atomic E-state index is 12.6. The van der Waals surface area contributed by atoms with Crippen LogP contribution in [0.15, 0.2) is 11.6 Å². The van der Waals surface area contributed by atoms with E-state index in [-0.39, 0.29) is 61.1 Å². The van der Waals surface area contributed by atoms with Gasteiger partial charge in [0.25, 0.3) is 0 Å². The highest BCUT2D eigenvalue weighted by molar-refractivity contribution is 6.20. The van der Waals surface area contributed by atoms with E-state index >= 15 is 0 Å². The summed E-state index contributed by atoms with van der Waals surface area (Å²) in [4.78, 5) is 12.0. The van der Waals surface area contributed by atoms with Crippen LogP contribution >= 0.6 is 11.6 Å². The van der Waals surface area contributed by atoms with Gasteiger partial charge in [0.15, 0.2) is 24.4 Å². The van der Waals surface area contributed by atoms with Crippen LogP contribution in [0.3, 0.4) is 0 Å². The molecule has 4 saturated carbocycles. The second kappa shape index (κ2) is 15.8. The number of cyclic esters (lactones) is 1. The van der Waals surface area contributed by atoms with Crippen molar-refractivity contribution in [3.8, 4) is 0 Å². The van der Waals surface area contributed by atoms with E-state index in [0.29, 0.717) is 18.8 Å². The van der Waals surface area contributed by atoms with Crippen molar-refractivity contribution in [3.63, 3.8) is 0 Å². The van der Waals surface area contributed by atoms with Crippen molar-refractivity contribution in [1.29, 1.82) is 0 Å². The van der Waals surface area contributed by atoms with Crippen LogP contribution in [-0.2, 0) is 42.7 Å². The lowest BCUT2D eigenvalue weighted by Crippen LogP contribution is -2.67. The van der Waals surface area contributed by atoms with Gasteiger partial charge < -0.3 is 63.4 Å². The van der Waals surface area contributed by atoms with Crippen LogP contribution in [0.1, 0.15) is 98.3 Å². The van der Waals surface area contributed by atoms with Crippen molar-refractivity contribution in [3.05, 3.63) is 11.6 Å². The van der Waals surface area contributed by atoms with E-state index in [0.717, 1.165) is 44.1 Å². The second-order valence-corrected chi connectivity index (χ2v) is 19.1. The topological polar surface area (TPSA) is 192 Å². The Morgan fingerprint density at radius 1 is 0.786 bits per heavy atom. The third-order valence-corrected chi connectivity index (χ3v) is 16.3. The summed E-state index contributed by atoms with van der Waals surface area (Å²) < 4.78 is 48.0. The van der Waals surface area contributed by atoms with Crippen LogP contribution in [0, 0.1) is 34.5 Å². The Kier molecular flexibility index (Phi) is 11.8. The van der Waals surface area contributed by atoms with Crippen molar-refractivity contribution in [2.45, 2.75) is 189 Å². The van der Waals surface area contributed by atoms with E-state index in [4.69, 9.17) is 49.5 Å². The van der Waals surface area contributed by atoms with Gasteiger partial charge in [-0.25, -0.2) is 4.79 Å². The number of hydrogen-bond donors (Lipinski definition) is 5. The van der Waals surface area contributed by atoms with Crippen LogP contribution in [0.5, 0.6) is 0 Å². The van der Waals surface area contributed by atoms with E-state index in [2.05, 4.69) is 6.92 Å². The van der Waals surface area contributed by atoms with Crippen molar-refractivity contribution < 1.29 is 68.2 Å². The van der Waals surface area contributed by atoms with E-state index < -0.39 is 90.4 Å². The molecule has 0 amide bonds. The average molecular weight is 815 g/mol. The Morgan fingerprint density at radius 3 is 2.18 bits per heavy atom. The van der Waals surface area contributed by atoms with E-state index in [9.17, 15) is 30.3 Å². The van der Waals surface area contributed by atoms with E-state index in [1.807, 2.05) is 13.8 Å². The van der Waals surface area contributed by atoms with Gasteiger partial charge in [0.1, 0.15) is 24.9 Å². The smallest absolute Gasteiger partial charge is 0.331 e. The van der Waals surface area contributed by atoms with E-state index in [1.54, 1.807) is 20.1 Å². The summed E-state index contributed by atoms with van der Waals surface area (Å²) in [5, 5.41) is 56.0. The fraction of sp³-hybridized carbons (Fsp3) is 0.927. The largest absolute Gasteiger partial charge is 0.458 e. The lowest BCUT2D eigenvalue weighted by atomic mass is 9.42. The first-order chi connectivity index (χ1) is 26.5. The van der Waals surface area contributed by atoms with Crippen LogP contribution in [0.25, 0.3) is 0 Å². The highest BCUT2D eigenvalue weighted by Crippen LogP contribution is 2.70. The first-order valence-electron chi connectivity index (χ1n) is 21.0. The van der Waals surface area contributed by atoms with Gasteiger partial charge in [0, 0.05) is 37.9 Å². The Labute approximate surface area is 334 Å². The molecule has 0 radical (unpaired) electrons. The van der Waals surface area contributed by atoms with Gasteiger partial charge in [-0.1, -0.05) is 25.4 Å². The fourth-order valence-corrected chi connectivity index (χ4v) is 13.0. The number of rotatable bonds is 8. The number of fused-ring (bicyclic) bond motifs is 5. The number of halogens is 1. The Hall–Kier alpha value is -0.980. The van der Waals surface area contributed by atoms with Crippen molar-refractivity contribution in [2.75, 3.05) is 13.7 Å². The summed E-state index contributed by atoms with van der Waals surface area (Å²) in [5.41, 5.74) is -1.92. The lowest BCUT2D eigenvalue weighted by molar-refractivity contribution is -0.333. The molecule has 3 saturated heterocycles. The predicted molar refractivity (Wildman–Crippen MR) is 198 cm³/mol. The van der Waals surface area contributed by atoms with Gasteiger partial charge >= 0.3 is 5.97 Å². The molecule has 21 atom stereocenters. The van der Waals surface area contributed by atoms with Crippen molar-refractivity contribution in [2.24, 2.45) is 34.5 Å². The number of aliphatic hydroxyl groups is 5. The summed E-state index contributed by atoms with van der Waals surface area (Å²) >= 11 is 6.73. The molecule has 0 aromatic carbocycles. The molecule has 8 rings (SSSR count). The normalized spacial score (nSPS) is 54.8. The summed E-state index contributed by atoms with van der Waals surface area (Å²) in [6.07, 6.45) is -0.410. The Morgan fingerprint density at radius 2 is 1.48 bits per heavy atom. The number of esters is 1. The lowest BCUT2D eigenvalue weighted by Gasteiger charge is -2.65. The molecule has 0 aromatic rings. The number of ether oxygens (including phenoxy) is 8. The molecule has 0 spiro atoms. The molecule has 318 valence electrons. The Bertz CT molecular complexity index is 1440. The minimum Gasteiger partial charge on any atom is -0.458 e. The molecule has 15 heteroatoms. The Balaban J connectivity index is 0.844. The standard InChI is InChI=1S/C41H63ClO14/c1-19-35(47)27(43)15-32(51-19)54-36-20(2)52-34(17-29(36)49-5)55-37-28(44)16-33(56-38(37)42)53-23-8-10-39(3)22(13-23)6-7-25-26(39)14-30(45)40(4)24(9-11-41(25,40)48)21-12-31(46)50-18-21/h12,19-20,22-30,32-38,43-45,47-48H,6-11,13-18H2,1-5H3. The molecule has 5 N–H and O–H groups in total. The summed E-state index contributed by atoms with van der Waals surface area (Å²) in [7, 11) is 1.57. The molecular weight excluding hydrogens is 752 g/mol. The highest BCUT2D eigenvalue weighted by atomic mass is 35.5. The minimum absolute atomic E-state index is 0.0662. The second-order valence-electron chi connectivity index (χ2n) is 18.7. The number of carbonyl (C=O) groups excluding carboxylic acids is 1.